The van der Waals surface area contributed by atoms with Crippen molar-refractivity contribution in [2.24, 2.45) is 11.7 Å². The molecule has 0 aromatic heterocycles. The van der Waals surface area contributed by atoms with Crippen LogP contribution in [-0.4, -0.2) is 18.0 Å². The average Bonchev–Trinajstić information content (AvgIpc) is 2.63. The number of carbonyl (C=O) groups excluding carboxylic acids is 1. The molecule has 1 aliphatic rings. The molecule has 0 aromatic rings. The van der Waals surface area contributed by atoms with Crippen LogP contribution in [0.1, 0.15) is 52.4 Å². The summed E-state index contributed by atoms with van der Waals surface area (Å²) in [5.74, 6) is 0.246. The largest absolute Gasteiger partial charge is 0.353 e. The van der Waals surface area contributed by atoms with Crippen LogP contribution in [0.25, 0.3) is 0 Å². The van der Waals surface area contributed by atoms with Crippen molar-refractivity contribution in [3.63, 3.8) is 0 Å². The number of amides is 1. The lowest BCUT2D eigenvalue weighted by Crippen LogP contribution is -2.43. The summed E-state index contributed by atoms with van der Waals surface area (Å²) in [4.78, 5) is 11.9. The van der Waals surface area contributed by atoms with Gasteiger partial charge in [0, 0.05) is 12.1 Å². The Morgan fingerprint density at radius 1 is 1.47 bits per heavy atom. The highest BCUT2D eigenvalue weighted by Gasteiger charge is 2.30. The first-order valence-corrected chi connectivity index (χ1v) is 6.25. The predicted molar refractivity (Wildman–Crippen MR) is 62.4 cm³/mol. The van der Waals surface area contributed by atoms with Crippen LogP contribution in [0.4, 0.5) is 0 Å². The lowest BCUT2D eigenvalue weighted by molar-refractivity contribution is -0.125. The molecule has 15 heavy (non-hydrogen) atoms. The summed E-state index contributed by atoms with van der Waals surface area (Å²) in [6.07, 6.45) is 6.28. The summed E-state index contributed by atoms with van der Waals surface area (Å²) in [5.41, 5.74) is 5.91. The zero-order valence-corrected chi connectivity index (χ0v) is 9.96. The van der Waals surface area contributed by atoms with E-state index in [4.69, 9.17) is 5.73 Å². The van der Waals surface area contributed by atoms with Crippen molar-refractivity contribution in [2.75, 3.05) is 0 Å². The minimum atomic E-state index is 0.0657. The normalized spacial score (nSPS) is 27.7. The van der Waals surface area contributed by atoms with Gasteiger partial charge in [-0.15, -0.1) is 0 Å². The van der Waals surface area contributed by atoms with E-state index < -0.39 is 0 Å². The summed E-state index contributed by atoms with van der Waals surface area (Å²) < 4.78 is 0. The van der Waals surface area contributed by atoms with Gasteiger partial charge in [-0.2, -0.15) is 0 Å². The van der Waals surface area contributed by atoms with Gasteiger partial charge in [-0.1, -0.05) is 26.7 Å². The van der Waals surface area contributed by atoms with E-state index in [1.54, 1.807) is 0 Å². The van der Waals surface area contributed by atoms with E-state index in [0.29, 0.717) is 6.04 Å². The van der Waals surface area contributed by atoms with Crippen LogP contribution in [0.3, 0.4) is 0 Å². The van der Waals surface area contributed by atoms with Gasteiger partial charge in [0.05, 0.1) is 5.92 Å². The van der Waals surface area contributed by atoms with Crippen molar-refractivity contribution in [3.8, 4) is 0 Å². The first-order chi connectivity index (χ1) is 7.19. The van der Waals surface area contributed by atoms with Gasteiger partial charge in [-0.25, -0.2) is 0 Å². The molecule has 3 nitrogen and oxygen atoms in total. The minimum absolute atomic E-state index is 0.0657. The lowest BCUT2D eigenvalue weighted by Gasteiger charge is -2.21. The average molecular weight is 212 g/mol. The second-order valence-corrected chi connectivity index (χ2v) is 4.60. The fourth-order valence-electron chi connectivity index (χ4n) is 2.35. The summed E-state index contributed by atoms with van der Waals surface area (Å²) >= 11 is 0. The van der Waals surface area contributed by atoms with Crippen molar-refractivity contribution in [1.82, 2.24) is 5.32 Å². The predicted octanol–water partition coefficient (Wildman–Crippen LogP) is 1.81. The Bertz CT molecular complexity index is 206. The lowest BCUT2D eigenvalue weighted by atomic mass is 10.0. The van der Waals surface area contributed by atoms with Crippen molar-refractivity contribution in [3.05, 3.63) is 0 Å². The molecule has 1 saturated carbocycles. The SMILES string of the molecule is CCCC(CC)NC(=O)C1CCCC1N. The van der Waals surface area contributed by atoms with Crippen LogP contribution in [0.15, 0.2) is 0 Å². The molecule has 0 saturated heterocycles. The van der Waals surface area contributed by atoms with Gasteiger partial charge >= 0.3 is 0 Å². The maximum Gasteiger partial charge on any atom is 0.224 e. The Morgan fingerprint density at radius 3 is 2.67 bits per heavy atom. The van der Waals surface area contributed by atoms with Crippen molar-refractivity contribution < 1.29 is 4.79 Å². The maximum absolute atomic E-state index is 11.9. The first kappa shape index (κ1) is 12.5. The Hall–Kier alpha value is -0.570. The number of hydrogen-bond donors (Lipinski definition) is 2. The number of nitrogens with two attached hydrogens (primary N) is 1. The Morgan fingerprint density at radius 2 is 2.20 bits per heavy atom. The van der Waals surface area contributed by atoms with Crippen molar-refractivity contribution in [2.45, 2.75) is 64.5 Å². The van der Waals surface area contributed by atoms with E-state index in [2.05, 4.69) is 19.2 Å². The van der Waals surface area contributed by atoms with E-state index in [0.717, 1.165) is 38.5 Å². The number of rotatable bonds is 5. The molecule has 1 fully saturated rings. The third-order valence-corrected chi connectivity index (χ3v) is 3.38. The molecular formula is C12H24N2O. The number of hydrogen-bond acceptors (Lipinski definition) is 2. The molecule has 3 unspecified atom stereocenters. The van der Waals surface area contributed by atoms with Crippen LogP contribution in [0.2, 0.25) is 0 Å². The first-order valence-electron chi connectivity index (χ1n) is 6.25. The Balaban J connectivity index is 2.39. The van der Waals surface area contributed by atoms with Crippen LogP contribution < -0.4 is 11.1 Å². The molecule has 3 atom stereocenters. The van der Waals surface area contributed by atoms with Crippen LogP contribution in [-0.2, 0) is 4.79 Å². The molecule has 0 bridgehead atoms. The highest BCUT2D eigenvalue weighted by atomic mass is 16.2. The van der Waals surface area contributed by atoms with Gasteiger partial charge in [0.15, 0.2) is 0 Å². The molecule has 0 spiro atoms. The number of carbonyl (C=O) groups is 1. The van der Waals surface area contributed by atoms with Crippen molar-refractivity contribution in [1.29, 1.82) is 0 Å². The van der Waals surface area contributed by atoms with E-state index in [-0.39, 0.29) is 17.9 Å². The second-order valence-electron chi connectivity index (χ2n) is 4.60. The van der Waals surface area contributed by atoms with E-state index >= 15 is 0 Å². The van der Waals surface area contributed by atoms with Crippen LogP contribution in [0.5, 0.6) is 0 Å². The van der Waals surface area contributed by atoms with Gasteiger partial charge in [-0.05, 0) is 25.7 Å². The van der Waals surface area contributed by atoms with Crippen LogP contribution in [0, 0.1) is 5.92 Å². The van der Waals surface area contributed by atoms with Crippen molar-refractivity contribution >= 4 is 5.91 Å². The molecule has 88 valence electrons. The van der Waals surface area contributed by atoms with Gasteiger partial charge in [0.2, 0.25) is 5.91 Å². The van der Waals surface area contributed by atoms with Gasteiger partial charge in [0.25, 0.3) is 0 Å². The molecular weight excluding hydrogens is 188 g/mol. The maximum atomic E-state index is 11.9. The monoisotopic (exact) mass is 212 g/mol. The fraction of sp³-hybridized carbons (Fsp3) is 0.917. The molecule has 3 heteroatoms. The van der Waals surface area contributed by atoms with E-state index in [9.17, 15) is 4.79 Å². The quantitative estimate of drug-likeness (QED) is 0.730. The van der Waals surface area contributed by atoms with Gasteiger partial charge < -0.3 is 11.1 Å². The zero-order valence-electron chi connectivity index (χ0n) is 9.96. The third-order valence-electron chi connectivity index (χ3n) is 3.38. The minimum Gasteiger partial charge on any atom is -0.353 e. The molecule has 0 radical (unpaired) electrons. The molecule has 0 aromatic carbocycles. The summed E-state index contributed by atoms with van der Waals surface area (Å²) in [5, 5.41) is 3.12. The summed E-state index contributed by atoms with van der Waals surface area (Å²) in [6, 6.07) is 0.430. The fourth-order valence-corrected chi connectivity index (χ4v) is 2.35. The molecule has 0 heterocycles. The molecule has 1 rings (SSSR count). The molecule has 1 amide bonds. The van der Waals surface area contributed by atoms with Gasteiger partial charge in [-0.3, -0.25) is 4.79 Å². The Labute approximate surface area is 92.8 Å². The zero-order chi connectivity index (χ0) is 11.3. The topological polar surface area (TPSA) is 55.1 Å². The van der Waals surface area contributed by atoms with E-state index in [1.165, 1.54) is 0 Å². The van der Waals surface area contributed by atoms with E-state index in [1.807, 2.05) is 0 Å². The molecule has 0 aliphatic heterocycles. The molecule has 3 N–H and O–H groups in total. The highest BCUT2D eigenvalue weighted by Crippen LogP contribution is 2.24. The number of nitrogens with one attached hydrogen (secondary N) is 1. The van der Waals surface area contributed by atoms with Crippen LogP contribution >= 0.6 is 0 Å². The standard InChI is InChI=1S/C12H24N2O/c1-3-6-9(4-2)14-12(15)10-7-5-8-11(10)13/h9-11H,3-8,13H2,1-2H3,(H,14,15). The highest BCUT2D eigenvalue weighted by molar-refractivity contribution is 5.80. The third kappa shape index (κ3) is 3.49. The Kier molecular flexibility index (Phi) is 5.09. The summed E-state index contributed by atoms with van der Waals surface area (Å²) in [6.45, 7) is 4.27. The smallest absolute Gasteiger partial charge is 0.224 e. The summed E-state index contributed by atoms with van der Waals surface area (Å²) in [7, 11) is 0. The van der Waals surface area contributed by atoms with Gasteiger partial charge in [0.1, 0.15) is 0 Å². The molecule has 1 aliphatic carbocycles. The second kappa shape index (κ2) is 6.11.